The van der Waals surface area contributed by atoms with Gasteiger partial charge in [-0.2, -0.15) is 0 Å². The maximum absolute atomic E-state index is 12.9. The molecule has 1 aromatic carbocycles. The molecule has 0 amide bonds. The Hall–Kier alpha value is -2.96. The lowest BCUT2D eigenvalue weighted by atomic mass is 9.80. The third-order valence-corrected chi connectivity index (χ3v) is 5.90. The van der Waals surface area contributed by atoms with Crippen LogP contribution < -0.4 is 22.5 Å². The molecule has 12 heteroatoms. The number of halogens is 1. The average Bonchev–Trinajstić information content (AvgIpc) is 2.89. The standard InChI is InChI=1S/C20H25ClN2O5.C6H14N2O2/c1-4-28-20(25)18-15(11-27-10-9-22)23-12(2)16(19(24)26-3)17(18)13-7-5-6-8-14(13)21;7-4-2-1-3-5(8)6(9)10/h5-8,17,23H,4,9-11,22H2,1-3H3;5H,1-4,7-8H2,(H,9,10)/t;5-/m.0/s1. The van der Waals surface area contributed by atoms with Crippen LogP contribution in [0.4, 0.5) is 0 Å². The minimum Gasteiger partial charge on any atom is -0.480 e. The second-order valence-electron chi connectivity index (χ2n) is 8.29. The van der Waals surface area contributed by atoms with Crippen LogP contribution in [0, 0.1) is 0 Å². The molecule has 0 spiro atoms. The third-order valence-electron chi connectivity index (χ3n) is 5.56. The fourth-order valence-corrected chi connectivity index (χ4v) is 4.00. The van der Waals surface area contributed by atoms with Gasteiger partial charge in [-0.25, -0.2) is 9.59 Å². The molecule has 1 aliphatic rings. The molecule has 11 nitrogen and oxygen atoms in total. The van der Waals surface area contributed by atoms with Crippen LogP contribution in [0.25, 0.3) is 0 Å². The third kappa shape index (κ3) is 9.73. The van der Waals surface area contributed by atoms with E-state index in [1.54, 1.807) is 38.1 Å². The number of carboxylic acid groups (broad SMARTS) is 1. The molecule has 0 saturated heterocycles. The SMILES string of the molecule is CCOC(=O)C1=C(COCCN)NC(C)=C(C(=O)OC)C1c1ccccc1Cl.NCCCC[C@H](N)C(=O)O. The Labute approximate surface area is 228 Å². The number of rotatable bonds is 13. The lowest BCUT2D eigenvalue weighted by Gasteiger charge is -2.31. The van der Waals surface area contributed by atoms with Gasteiger partial charge < -0.3 is 41.8 Å². The number of methoxy groups -OCH3 is 1. The van der Waals surface area contributed by atoms with Crippen molar-refractivity contribution in [1.82, 2.24) is 5.32 Å². The van der Waals surface area contributed by atoms with Crippen LogP contribution in [0.3, 0.4) is 0 Å². The molecule has 1 heterocycles. The first-order valence-corrected chi connectivity index (χ1v) is 12.7. The van der Waals surface area contributed by atoms with Gasteiger partial charge in [-0.05, 0) is 44.9 Å². The number of nitrogens with two attached hydrogens (primary N) is 3. The zero-order valence-electron chi connectivity index (χ0n) is 22.1. The molecule has 1 aromatic rings. The average molecular weight is 555 g/mol. The van der Waals surface area contributed by atoms with Gasteiger partial charge in [0.2, 0.25) is 0 Å². The topological polar surface area (TPSA) is 189 Å². The van der Waals surface area contributed by atoms with Crippen LogP contribution in [0.1, 0.15) is 44.6 Å². The lowest BCUT2D eigenvalue weighted by molar-refractivity contribution is -0.140. The quantitative estimate of drug-likeness (QED) is 0.176. The van der Waals surface area contributed by atoms with Gasteiger partial charge in [0.1, 0.15) is 6.04 Å². The molecule has 0 radical (unpaired) electrons. The van der Waals surface area contributed by atoms with Crippen LogP contribution >= 0.6 is 11.6 Å². The van der Waals surface area contributed by atoms with Crippen LogP contribution in [0.15, 0.2) is 46.8 Å². The summed E-state index contributed by atoms with van der Waals surface area (Å²) in [4.78, 5) is 35.6. The van der Waals surface area contributed by atoms with Crippen molar-refractivity contribution in [2.45, 2.75) is 45.1 Å². The van der Waals surface area contributed by atoms with E-state index in [2.05, 4.69) is 5.32 Å². The van der Waals surface area contributed by atoms with Gasteiger partial charge >= 0.3 is 17.9 Å². The van der Waals surface area contributed by atoms with Crippen molar-refractivity contribution in [2.75, 3.05) is 40.0 Å². The fourth-order valence-electron chi connectivity index (χ4n) is 3.75. The second-order valence-corrected chi connectivity index (χ2v) is 8.70. The predicted molar refractivity (Wildman–Crippen MR) is 144 cm³/mol. The van der Waals surface area contributed by atoms with Gasteiger partial charge in [-0.15, -0.1) is 0 Å². The first-order valence-electron chi connectivity index (χ1n) is 12.3. The van der Waals surface area contributed by atoms with Crippen molar-refractivity contribution in [3.63, 3.8) is 0 Å². The molecule has 212 valence electrons. The Kier molecular flexibility index (Phi) is 15.3. The van der Waals surface area contributed by atoms with Crippen molar-refractivity contribution in [2.24, 2.45) is 17.2 Å². The summed E-state index contributed by atoms with van der Waals surface area (Å²) in [6.07, 6.45) is 2.16. The molecule has 0 bridgehead atoms. The number of ether oxygens (including phenoxy) is 3. The Morgan fingerprint density at radius 2 is 1.79 bits per heavy atom. The summed E-state index contributed by atoms with van der Waals surface area (Å²) in [7, 11) is 1.29. The Balaban J connectivity index is 0.000000612. The first-order chi connectivity index (χ1) is 18.1. The van der Waals surface area contributed by atoms with E-state index in [0.717, 1.165) is 12.8 Å². The minimum absolute atomic E-state index is 0.109. The molecular weight excluding hydrogens is 516 g/mol. The Morgan fingerprint density at radius 3 is 2.34 bits per heavy atom. The molecule has 1 aliphatic heterocycles. The Morgan fingerprint density at radius 1 is 1.11 bits per heavy atom. The molecule has 8 N–H and O–H groups in total. The highest BCUT2D eigenvalue weighted by atomic mass is 35.5. The van der Waals surface area contributed by atoms with Gasteiger partial charge in [0, 0.05) is 17.3 Å². The number of aliphatic carboxylic acids is 1. The van der Waals surface area contributed by atoms with E-state index in [-0.39, 0.29) is 18.8 Å². The van der Waals surface area contributed by atoms with E-state index in [1.165, 1.54) is 7.11 Å². The van der Waals surface area contributed by atoms with Gasteiger partial charge in [0.05, 0.1) is 49.7 Å². The number of benzene rings is 1. The number of hydrogen-bond acceptors (Lipinski definition) is 10. The van der Waals surface area contributed by atoms with E-state index in [9.17, 15) is 14.4 Å². The highest BCUT2D eigenvalue weighted by Crippen LogP contribution is 2.41. The maximum atomic E-state index is 12.9. The van der Waals surface area contributed by atoms with Crippen LogP contribution in [-0.4, -0.2) is 69.1 Å². The van der Waals surface area contributed by atoms with Gasteiger partial charge in [0.15, 0.2) is 0 Å². The van der Waals surface area contributed by atoms with E-state index in [4.69, 9.17) is 48.1 Å². The normalized spacial score (nSPS) is 15.7. The molecule has 1 unspecified atom stereocenters. The number of nitrogens with one attached hydrogen (secondary N) is 1. The monoisotopic (exact) mass is 554 g/mol. The fraction of sp³-hybridized carbons (Fsp3) is 0.500. The number of hydrogen-bond donors (Lipinski definition) is 5. The number of carboxylic acids is 1. The van der Waals surface area contributed by atoms with Crippen molar-refractivity contribution in [3.8, 4) is 0 Å². The van der Waals surface area contributed by atoms with E-state index in [1.807, 2.05) is 0 Å². The first kappa shape index (κ1) is 33.1. The molecule has 38 heavy (non-hydrogen) atoms. The van der Waals surface area contributed by atoms with Gasteiger partial charge in [0.25, 0.3) is 0 Å². The van der Waals surface area contributed by atoms with E-state index in [0.29, 0.717) is 53.7 Å². The predicted octanol–water partition coefficient (Wildman–Crippen LogP) is 1.79. The smallest absolute Gasteiger partial charge is 0.336 e. The van der Waals surface area contributed by atoms with Crippen LogP contribution in [0.5, 0.6) is 0 Å². The van der Waals surface area contributed by atoms with Crippen molar-refractivity contribution in [3.05, 3.63) is 57.4 Å². The van der Waals surface area contributed by atoms with Crippen molar-refractivity contribution >= 4 is 29.5 Å². The van der Waals surface area contributed by atoms with Gasteiger partial charge in [-0.1, -0.05) is 36.2 Å². The summed E-state index contributed by atoms with van der Waals surface area (Å²) in [6, 6.07) is 6.33. The molecule has 0 aliphatic carbocycles. The highest BCUT2D eigenvalue weighted by molar-refractivity contribution is 6.31. The number of carbonyl (C=O) groups excluding carboxylic acids is 2. The lowest BCUT2D eigenvalue weighted by Crippen LogP contribution is -2.35. The highest BCUT2D eigenvalue weighted by Gasteiger charge is 2.39. The van der Waals surface area contributed by atoms with Gasteiger partial charge in [-0.3, -0.25) is 4.79 Å². The number of carbonyl (C=O) groups is 3. The summed E-state index contributed by atoms with van der Waals surface area (Å²) in [5.74, 6) is -2.80. The zero-order chi connectivity index (χ0) is 28.7. The largest absolute Gasteiger partial charge is 0.480 e. The van der Waals surface area contributed by atoms with Crippen molar-refractivity contribution < 1.29 is 33.7 Å². The van der Waals surface area contributed by atoms with E-state index >= 15 is 0 Å². The second kappa shape index (κ2) is 17.5. The molecule has 0 fully saturated rings. The minimum atomic E-state index is -0.933. The summed E-state index contributed by atoms with van der Waals surface area (Å²) in [5.41, 5.74) is 18.1. The number of dihydropyridines is 1. The Bertz CT molecular complexity index is 1010. The summed E-state index contributed by atoms with van der Waals surface area (Å²) in [6.45, 7) is 5.02. The maximum Gasteiger partial charge on any atom is 0.336 e. The summed E-state index contributed by atoms with van der Waals surface area (Å²) < 4.78 is 15.8. The number of esters is 2. The van der Waals surface area contributed by atoms with Crippen molar-refractivity contribution in [1.29, 1.82) is 0 Å². The molecular formula is C26H39ClN4O7. The number of allylic oxidation sites excluding steroid dienone is 1. The zero-order valence-corrected chi connectivity index (χ0v) is 22.9. The number of unbranched alkanes of at least 4 members (excludes halogenated alkanes) is 1. The molecule has 0 saturated carbocycles. The molecule has 0 aromatic heterocycles. The van der Waals surface area contributed by atoms with Crippen LogP contribution in [-0.2, 0) is 28.6 Å². The summed E-state index contributed by atoms with van der Waals surface area (Å²) in [5, 5.41) is 11.8. The van der Waals surface area contributed by atoms with Crippen LogP contribution in [0.2, 0.25) is 5.02 Å². The molecule has 2 atom stereocenters. The molecule has 2 rings (SSSR count). The van der Waals surface area contributed by atoms with E-state index < -0.39 is 29.9 Å². The summed E-state index contributed by atoms with van der Waals surface area (Å²) >= 11 is 6.42.